The maximum absolute atomic E-state index is 12.4. The molecule has 0 fully saturated rings. The van der Waals surface area contributed by atoms with Crippen molar-refractivity contribution in [2.75, 3.05) is 10.6 Å². The van der Waals surface area contributed by atoms with Crippen LogP contribution in [0.1, 0.15) is 20.7 Å². The van der Waals surface area contributed by atoms with Gasteiger partial charge in [-0.2, -0.15) is 26.2 Å². The number of thiol groups is 2. The van der Waals surface area contributed by atoms with E-state index in [0.717, 1.165) is 12.1 Å². The van der Waals surface area contributed by atoms with Crippen molar-refractivity contribution < 1.29 is 57.9 Å². The topological polar surface area (TPSA) is 254 Å². The van der Waals surface area contributed by atoms with E-state index in [1.165, 1.54) is 45.8 Å². The van der Waals surface area contributed by atoms with Crippen molar-refractivity contribution >= 4 is 68.7 Å². The molecular weight excluding hydrogens is 930 g/mol. The van der Waals surface area contributed by atoms with E-state index in [0.29, 0.717) is 22.7 Å². The fourth-order valence-electron chi connectivity index (χ4n) is 4.28. The predicted molar refractivity (Wildman–Crippen MR) is 181 cm³/mol. The largest absolute Gasteiger partial charge is 0.322 e. The van der Waals surface area contributed by atoms with Crippen molar-refractivity contribution in [3.8, 4) is 11.4 Å². The van der Waals surface area contributed by atoms with E-state index < -0.39 is 41.8 Å². The maximum Gasteiger partial charge on any atom is 0.295 e. The molecule has 51 heavy (non-hydrogen) atoms. The second kappa shape index (κ2) is 16.5. The first-order valence-electron chi connectivity index (χ1n) is 13.6. The number of carbonyl (C=O) groups is 2. The molecule has 2 aromatic heterocycles. The van der Waals surface area contributed by atoms with E-state index in [1.807, 2.05) is 0 Å². The molecule has 0 aliphatic carbocycles. The van der Waals surface area contributed by atoms with Gasteiger partial charge in [-0.3, -0.25) is 18.7 Å². The number of nitrogens with one attached hydrogen (secondary N) is 2. The van der Waals surface area contributed by atoms with Crippen LogP contribution in [0.2, 0.25) is 0 Å². The number of nitrogens with zero attached hydrogens (tertiary/aromatic N) is 8. The summed E-state index contributed by atoms with van der Waals surface area (Å²) in [6.07, 6.45) is 0. The number of amides is 2. The van der Waals surface area contributed by atoms with Gasteiger partial charge in [-0.1, -0.05) is 36.4 Å². The number of tetrazole rings is 2. The molecule has 4 N–H and O–H groups in total. The summed E-state index contributed by atoms with van der Waals surface area (Å²) < 4.78 is 66.8. The summed E-state index contributed by atoms with van der Waals surface area (Å²) >= 11 is 8.22. The molecule has 0 saturated heterocycles. The van der Waals surface area contributed by atoms with E-state index in [9.17, 15) is 35.5 Å². The molecule has 4 aromatic carbocycles. The number of hydrogen-bond acceptors (Lipinski definition) is 14. The quantitative estimate of drug-likeness (QED) is 0.0730. The number of rotatable bonds is 8. The van der Waals surface area contributed by atoms with Gasteiger partial charge >= 0.3 is 0 Å². The predicted octanol–water partition coefficient (Wildman–Crippen LogP) is 2.90. The van der Waals surface area contributed by atoms with Gasteiger partial charge in [-0.15, -0.1) is 35.5 Å². The van der Waals surface area contributed by atoms with Crippen LogP contribution in [0.3, 0.4) is 0 Å². The Morgan fingerprint density at radius 3 is 1.29 bits per heavy atom. The van der Waals surface area contributed by atoms with Gasteiger partial charge in [-0.25, -0.2) is 0 Å². The molecular formula is C28H22AuN10O8S4. The summed E-state index contributed by atoms with van der Waals surface area (Å²) in [5, 5.41) is 27.5. The molecule has 267 valence electrons. The molecule has 0 unspecified atom stereocenters. The number of anilines is 2. The van der Waals surface area contributed by atoms with Gasteiger partial charge in [0.05, 0.1) is 22.5 Å². The van der Waals surface area contributed by atoms with Crippen LogP contribution in [0, 0.1) is 0 Å². The van der Waals surface area contributed by atoms with Crippen LogP contribution in [0.25, 0.3) is 11.4 Å². The Hall–Kier alpha value is -4.78. The van der Waals surface area contributed by atoms with Crippen molar-refractivity contribution in [3.63, 3.8) is 0 Å². The molecule has 2 amide bonds. The van der Waals surface area contributed by atoms with Crippen molar-refractivity contribution in [1.29, 1.82) is 0 Å². The van der Waals surface area contributed by atoms with Crippen LogP contribution < -0.4 is 10.6 Å². The summed E-state index contributed by atoms with van der Waals surface area (Å²) in [4.78, 5) is 23.9. The van der Waals surface area contributed by atoms with E-state index in [2.05, 4.69) is 66.9 Å². The Balaban J connectivity index is 0.000000224. The zero-order valence-electron chi connectivity index (χ0n) is 25.2. The minimum atomic E-state index is -4.52. The molecule has 18 nitrogen and oxygen atoms in total. The van der Waals surface area contributed by atoms with Crippen LogP contribution in [-0.4, -0.2) is 78.2 Å². The molecule has 2 heterocycles. The molecule has 23 heteroatoms. The minimum Gasteiger partial charge on any atom is -0.322 e. The Kier molecular flexibility index (Phi) is 12.6. The molecule has 1 radical (unpaired) electrons. The molecule has 6 rings (SSSR count). The van der Waals surface area contributed by atoms with Gasteiger partial charge in [-0.05, 0) is 81.5 Å². The zero-order valence-corrected chi connectivity index (χ0v) is 30.8. The average molecular weight is 952 g/mol. The van der Waals surface area contributed by atoms with Gasteiger partial charge in [0.1, 0.15) is 9.79 Å². The monoisotopic (exact) mass is 951 g/mol. The summed E-state index contributed by atoms with van der Waals surface area (Å²) in [5.41, 5.74) is 1.53. The zero-order chi connectivity index (χ0) is 36.1. The Labute approximate surface area is 315 Å². The third-order valence-corrected chi connectivity index (χ3v) is 8.80. The van der Waals surface area contributed by atoms with Crippen molar-refractivity contribution in [1.82, 2.24) is 40.4 Å². The van der Waals surface area contributed by atoms with Crippen LogP contribution in [0.15, 0.2) is 117 Å². The summed E-state index contributed by atoms with van der Waals surface area (Å²) in [6.45, 7) is 0. The molecule has 0 aliphatic rings. The van der Waals surface area contributed by atoms with Crippen molar-refractivity contribution in [2.24, 2.45) is 0 Å². The van der Waals surface area contributed by atoms with Crippen LogP contribution in [0.5, 0.6) is 0 Å². The normalized spacial score (nSPS) is 11.1. The summed E-state index contributed by atoms with van der Waals surface area (Å²) in [7, 11) is -9.04. The first kappa shape index (κ1) is 39.0. The minimum absolute atomic E-state index is 0. The van der Waals surface area contributed by atoms with Gasteiger partial charge in [0.2, 0.25) is 10.3 Å². The van der Waals surface area contributed by atoms with Crippen LogP contribution >= 0.6 is 25.3 Å². The standard InChI is InChI=1S/2C14H11N5O4S2.Au/c2*20-13(11-6-1-2-7-12(11)25(21,22)23)15-9-4-3-5-10(8-9)19-14(24)16-17-18-19;/h2*1-8H,(H,15,20)(H,16,18,24)(H,21,22,23);. The second-order valence-corrected chi connectivity index (χ2v) is 13.3. The van der Waals surface area contributed by atoms with Crippen LogP contribution in [0.4, 0.5) is 11.4 Å². The Morgan fingerprint density at radius 2 is 0.961 bits per heavy atom. The third kappa shape index (κ3) is 9.72. The number of benzene rings is 4. The number of hydrogen-bond donors (Lipinski definition) is 6. The first-order chi connectivity index (χ1) is 23.7. The van der Waals surface area contributed by atoms with E-state index in [4.69, 9.17) is 0 Å². The molecule has 0 saturated carbocycles. The Bertz CT molecular complexity index is 2270. The second-order valence-electron chi connectivity index (χ2n) is 9.73. The molecule has 0 aliphatic heterocycles. The number of carbonyl (C=O) groups excluding carboxylic acids is 2. The van der Waals surface area contributed by atoms with E-state index >= 15 is 0 Å². The van der Waals surface area contributed by atoms with Gasteiger partial charge < -0.3 is 10.6 Å². The molecule has 0 atom stereocenters. The smallest absolute Gasteiger partial charge is 0.295 e. The summed E-state index contributed by atoms with van der Waals surface area (Å²) in [6, 6.07) is 23.8. The SMILES string of the molecule is O=C(Nc1cccc(-n2nnnc2S)c1)c1ccccc1S(=O)(=O)O.O=C(Nc1cccc(-n2nnnc2S)c1)c1ccccc1S(=O)(=O)O.[Au]. The summed E-state index contributed by atoms with van der Waals surface area (Å²) in [5.74, 6) is -1.37. The maximum atomic E-state index is 12.4. The molecule has 0 bridgehead atoms. The van der Waals surface area contributed by atoms with Gasteiger partial charge in [0.25, 0.3) is 32.1 Å². The number of aromatic nitrogens is 8. The van der Waals surface area contributed by atoms with E-state index in [1.54, 1.807) is 48.5 Å². The molecule has 0 spiro atoms. The van der Waals surface area contributed by atoms with Gasteiger partial charge in [0, 0.05) is 33.8 Å². The molecule has 6 aromatic rings. The fourth-order valence-corrected chi connectivity index (χ4v) is 6.05. The van der Waals surface area contributed by atoms with Gasteiger partial charge in [0.15, 0.2) is 0 Å². The third-order valence-electron chi connectivity index (χ3n) is 6.42. The fraction of sp³-hybridized carbons (Fsp3) is 0. The van der Waals surface area contributed by atoms with Crippen LogP contribution in [-0.2, 0) is 42.6 Å². The Morgan fingerprint density at radius 1 is 0.588 bits per heavy atom. The van der Waals surface area contributed by atoms with Crippen molar-refractivity contribution in [2.45, 2.75) is 20.1 Å². The van der Waals surface area contributed by atoms with Crippen molar-refractivity contribution in [3.05, 3.63) is 108 Å². The first-order valence-corrected chi connectivity index (χ1v) is 17.4. The van der Waals surface area contributed by atoms with E-state index in [-0.39, 0.29) is 43.8 Å². The average Bonchev–Trinajstić information content (AvgIpc) is 3.72.